The third-order valence-corrected chi connectivity index (χ3v) is 7.14. The van der Waals surface area contributed by atoms with Gasteiger partial charge in [0.15, 0.2) is 16.4 Å². The quantitative estimate of drug-likeness (QED) is 0.346. The molecule has 2 heterocycles. The number of benzene rings is 3. The molecule has 0 atom stereocenters. The smallest absolute Gasteiger partial charge is 0.323 e. The fourth-order valence-corrected chi connectivity index (χ4v) is 5.24. The second-order valence-corrected chi connectivity index (χ2v) is 10.8. The fraction of sp³-hybridized carbons (Fsp3) is 0.120. The Bertz CT molecular complexity index is 1620. The highest BCUT2D eigenvalue weighted by Crippen LogP contribution is 2.36. The number of fused-ring (bicyclic) bond motifs is 2. The first-order chi connectivity index (χ1) is 17.2. The van der Waals surface area contributed by atoms with Gasteiger partial charge in [-0.1, -0.05) is 23.7 Å². The summed E-state index contributed by atoms with van der Waals surface area (Å²) < 4.78 is 30.1. The molecule has 1 aliphatic rings. The van der Waals surface area contributed by atoms with E-state index in [9.17, 15) is 18.0 Å². The molecule has 11 heteroatoms. The predicted octanol–water partition coefficient (Wildman–Crippen LogP) is 4.79. The molecule has 36 heavy (non-hydrogen) atoms. The van der Waals surface area contributed by atoms with Gasteiger partial charge in [-0.2, -0.15) is 0 Å². The number of sulfone groups is 1. The number of aromatic nitrogens is 1. The number of urea groups is 1. The number of nitrogens with zero attached hydrogens (tertiary/aromatic N) is 1. The number of aromatic amines is 1. The van der Waals surface area contributed by atoms with E-state index in [2.05, 4.69) is 15.6 Å². The summed E-state index contributed by atoms with van der Waals surface area (Å²) in [5.41, 5.74) is 2.88. The van der Waals surface area contributed by atoms with Crippen LogP contribution in [0.2, 0.25) is 5.02 Å². The van der Waals surface area contributed by atoms with Crippen molar-refractivity contribution in [2.24, 2.45) is 0 Å². The van der Waals surface area contributed by atoms with Crippen LogP contribution in [-0.4, -0.2) is 38.2 Å². The van der Waals surface area contributed by atoms with Crippen molar-refractivity contribution in [3.63, 3.8) is 0 Å². The summed E-state index contributed by atoms with van der Waals surface area (Å²) in [5.74, 6) is 0.0603. The number of rotatable bonds is 5. The molecule has 184 valence electrons. The molecule has 3 N–H and O–H groups in total. The molecular formula is C25H21ClN4O5S. The molecule has 0 saturated heterocycles. The van der Waals surface area contributed by atoms with Gasteiger partial charge in [0, 0.05) is 40.4 Å². The first-order valence-corrected chi connectivity index (χ1v) is 13.2. The van der Waals surface area contributed by atoms with Crippen molar-refractivity contribution >= 4 is 61.3 Å². The molecule has 5 rings (SSSR count). The van der Waals surface area contributed by atoms with Crippen LogP contribution in [0.3, 0.4) is 0 Å². The van der Waals surface area contributed by atoms with E-state index in [0.717, 1.165) is 17.2 Å². The van der Waals surface area contributed by atoms with Crippen LogP contribution in [0, 0.1) is 0 Å². The third kappa shape index (κ3) is 4.86. The highest BCUT2D eigenvalue weighted by Gasteiger charge is 2.28. The van der Waals surface area contributed by atoms with Gasteiger partial charge in [0.1, 0.15) is 5.75 Å². The third-order valence-electron chi connectivity index (χ3n) is 5.73. The molecule has 0 bridgehead atoms. The lowest BCUT2D eigenvalue weighted by Crippen LogP contribution is -2.38. The van der Waals surface area contributed by atoms with Crippen LogP contribution in [0.4, 0.5) is 21.9 Å². The average molecular weight is 525 g/mol. The van der Waals surface area contributed by atoms with E-state index < -0.39 is 15.9 Å². The van der Waals surface area contributed by atoms with Gasteiger partial charge in [0.25, 0.3) is 5.91 Å². The summed E-state index contributed by atoms with van der Waals surface area (Å²) in [4.78, 5) is 29.8. The van der Waals surface area contributed by atoms with Crippen molar-refractivity contribution in [1.29, 1.82) is 0 Å². The number of carbonyl (C=O) groups is 2. The number of H-pyrrole nitrogens is 1. The molecule has 3 aromatic carbocycles. The Morgan fingerprint density at radius 3 is 2.58 bits per heavy atom. The van der Waals surface area contributed by atoms with Gasteiger partial charge in [0.2, 0.25) is 0 Å². The van der Waals surface area contributed by atoms with Gasteiger partial charge in [0.05, 0.1) is 17.1 Å². The predicted molar refractivity (Wildman–Crippen MR) is 139 cm³/mol. The van der Waals surface area contributed by atoms with Gasteiger partial charge < -0.3 is 25.3 Å². The Morgan fingerprint density at radius 1 is 1.06 bits per heavy atom. The van der Waals surface area contributed by atoms with Crippen molar-refractivity contribution in [3.05, 3.63) is 77.4 Å². The van der Waals surface area contributed by atoms with Crippen LogP contribution in [0.5, 0.6) is 5.75 Å². The SMILES string of the molecule is CS(=O)(=O)c1cc(Cl)ccc1CN1C(=O)COc2cc(NC(=O)Nc3ccc4cc[nH]c4c3)ccc21. The number of amides is 3. The van der Waals surface area contributed by atoms with E-state index in [1.807, 2.05) is 24.4 Å². The second-order valence-electron chi connectivity index (χ2n) is 8.33. The number of ether oxygens (including phenoxy) is 1. The van der Waals surface area contributed by atoms with Gasteiger partial charge in [-0.25, -0.2) is 13.2 Å². The number of hydrogen-bond donors (Lipinski definition) is 3. The molecule has 0 aliphatic carbocycles. The maximum Gasteiger partial charge on any atom is 0.323 e. The van der Waals surface area contributed by atoms with Crippen molar-refractivity contribution in [3.8, 4) is 5.75 Å². The zero-order valence-electron chi connectivity index (χ0n) is 19.0. The average Bonchev–Trinajstić information content (AvgIpc) is 3.29. The van der Waals surface area contributed by atoms with E-state index in [1.165, 1.54) is 11.0 Å². The Morgan fingerprint density at radius 2 is 1.81 bits per heavy atom. The summed E-state index contributed by atoms with van der Waals surface area (Å²) in [6.45, 7) is -0.205. The van der Waals surface area contributed by atoms with E-state index in [0.29, 0.717) is 28.4 Å². The van der Waals surface area contributed by atoms with E-state index in [4.69, 9.17) is 16.3 Å². The van der Waals surface area contributed by atoms with Crippen molar-refractivity contribution in [1.82, 2.24) is 4.98 Å². The molecule has 1 aromatic heterocycles. The molecule has 0 saturated carbocycles. The zero-order chi connectivity index (χ0) is 25.4. The van der Waals surface area contributed by atoms with Crippen LogP contribution >= 0.6 is 11.6 Å². The van der Waals surface area contributed by atoms with Crippen LogP contribution in [0.25, 0.3) is 10.9 Å². The Balaban J connectivity index is 1.35. The minimum atomic E-state index is -3.57. The van der Waals surface area contributed by atoms with Crippen LogP contribution in [-0.2, 0) is 21.2 Å². The van der Waals surface area contributed by atoms with Crippen molar-refractivity contribution in [2.45, 2.75) is 11.4 Å². The lowest BCUT2D eigenvalue weighted by Gasteiger charge is -2.30. The molecule has 0 spiro atoms. The van der Waals surface area contributed by atoms with Crippen molar-refractivity contribution in [2.75, 3.05) is 28.4 Å². The summed E-state index contributed by atoms with van der Waals surface area (Å²) in [7, 11) is -3.57. The lowest BCUT2D eigenvalue weighted by atomic mass is 10.1. The topological polar surface area (TPSA) is 121 Å². The summed E-state index contributed by atoms with van der Waals surface area (Å²) in [6, 6.07) is 16.5. The van der Waals surface area contributed by atoms with Gasteiger partial charge in [-0.15, -0.1) is 0 Å². The monoisotopic (exact) mass is 524 g/mol. The molecule has 0 unspecified atom stereocenters. The lowest BCUT2D eigenvalue weighted by molar-refractivity contribution is -0.121. The maximum absolute atomic E-state index is 12.7. The highest BCUT2D eigenvalue weighted by atomic mass is 35.5. The first-order valence-electron chi connectivity index (χ1n) is 10.9. The first kappa shape index (κ1) is 23.7. The van der Waals surface area contributed by atoms with Gasteiger partial charge >= 0.3 is 6.03 Å². The molecule has 0 radical (unpaired) electrons. The number of nitrogens with one attached hydrogen (secondary N) is 3. The number of hydrogen-bond acceptors (Lipinski definition) is 5. The van der Waals surface area contributed by atoms with E-state index in [-0.39, 0.29) is 29.0 Å². The minimum absolute atomic E-state index is 0.0171. The molecular weight excluding hydrogens is 504 g/mol. The molecule has 3 amide bonds. The summed E-state index contributed by atoms with van der Waals surface area (Å²) in [5, 5.41) is 6.86. The molecule has 4 aromatic rings. The van der Waals surface area contributed by atoms with Gasteiger partial charge in [-0.05, 0) is 53.4 Å². The van der Waals surface area contributed by atoms with Crippen LogP contribution in [0.15, 0.2) is 71.8 Å². The number of carbonyl (C=O) groups excluding carboxylic acids is 2. The Kier molecular flexibility index (Phi) is 6.07. The molecule has 9 nitrogen and oxygen atoms in total. The van der Waals surface area contributed by atoms with E-state index in [1.54, 1.807) is 36.4 Å². The normalized spacial score (nSPS) is 13.3. The Hall–Kier alpha value is -4.02. The standard InChI is InChI=1S/C25H21ClN4O5S/c1-36(33,34)23-10-17(26)4-2-16(23)13-30-21-7-6-19(12-22(21)35-14-24(30)31)29-25(32)28-18-5-3-15-8-9-27-20(15)11-18/h2-12,27H,13-14H2,1H3,(H2,28,29,32). The maximum atomic E-state index is 12.7. The zero-order valence-corrected chi connectivity index (χ0v) is 20.6. The van der Waals surface area contributed by atoms with E-state index >= 15 is 0 Å². The molecule has 1 aliphatic heterocycles. The van der Waals surface area contributed by atoms with Gasteiger partial charge in [-0.3, -0.25) is 4.79 Å². The number of halogens is 1. The molecule has 0 fully saturated rings. The second kappa shape index (κ2) is 9.21. The van der Waals surface area contributed by atoms with Crippen LogP contribution < -0.4 is 20.3 Å². The Labute approximate surface area is 211 Å². The minimum Gasteiger partial charge on any atom is -0.481 e. The van der Waals surface area contributed by atoms with Crippen molar-refractivity contribution < 1.29 is 22.7 Å². The largest absolute Gasteiger partial charge is 0.481 e. The fourth-order valence-electron chi connectivity index (χ4n) is 4.05. The number of anilines is 3. The van der Waals surface area contributed by atoms with Crippen LogP contribution in [0.1, 0.15) is 5.56 Å². The summed E-state index contributed by atoms with van der Waals surface area (Å²) in [6.07, 6.45) is 2.92. The summed E-state index contributed by atoms with van der Waals surface area (Å²) >= 11 is 6.00. The highest BCUT2D eigenvalue weighted by molar-refractivity contribution is 7.90.